The van der Waals surface area contributed by atoms with E-state index < -0.39 is 0 Å². The SMILES string of the molecule is O=C(c1cccs1)N(CC1C2CN(Cc3ccc(Cl)c(Cl)c3)CC21)c1ccc(N2CCOCC2)c(F)c1. The number of thiophene rings is 1. The van der Waals surface area contributed by atoms with Crippen LogP contribution in [-0.2, 0) is 11.3 Å². The molecular formula is C28H28Cl2FN3O2S. The summed E-state index contributed by atoms with van der Waals surface area (Å²) in [5.74, 6) is 1.13. The maximum Gasteiger partial charge on any atom is 0.268 e. The molecule has 2 aromatic carbocycles. The second kappa shape index (κ2) is 10.5. The third-order valence-corrected chi connectivity index (χ3v) is 9.40. The van der Waals surface area contributed by atoms with E-state index in [-0.39, 0.29) is 11.7 Å². The maximum absolute atomic E-state index is 15.3. The minimum absolute atomic E-state index is 0.0637. The van der Waals surface area contributed by atoms with Crippen LogP contribution in [0.3, 0.4) is 0 Å². The molecular weight excluding hydrogens is 532 g/mol. The van der Waals surface area contributed by atoms with Gasteiger partial charge in [0.2, 0.25) is 0 Å². The van der Waals surface area contributed by atoms with Crippen LogP contribution >= 0.6 is 34.5 Å². The highest BCUT2D eigenvalue weighted by atomic mass is 35.5. The molecule has 0 spiro atoms. The van der Waals surface area contributed by atoms with Gasteiger partial charge in [0.05, 0.1) is 33.8 Å². The van der Waals surface area contributed by atoms with Gasteiger partial charge in [-0.25, -0.2) is 4.39 Å². The number of carbonyl (C=O) groups is 1. The minimum atomic E-state index is -0.299. The molecule has 37 heavy (non-hydrogen) atoms. The molecule has 3 heterocycles. The molecule has 3 fully saturated rings. The van der Waals surface area contributed by atoms with Crippen molar-refractivity contribution in [2.24, 2.45) is 17.8 Å². The zero-order valence-electron chi connectivity index (χ0n) is 20.3. The second-order valence-electron chi connectivity index (χ2n) is 10.1. The number of hydrogen-bond acceptors (Lipinski definition) is 5. The molecule has 3 aromatic rings. The lowest BCUT2D eigenvalue weighted by Crippen LogP contribution is -2.37. The van der Waals surface area contributed by atoms with E-state index in [1.54, 1.807) is 11.0 Å². The Labute approximate surface area is 230 Å². The molecule has 6 rings (SSSR count). The van der Waals surface area contributed by atoms with Crippen molar-refractivity contribution in [3.05, 3.63) is 80.2 Å². The summed E-state index contributed by atoms with van der Waals surface area (Å²) in [5.41, 5.74) is 2.33. The number of fused-ring (bicyclic) bond motifs is 1. The summed E-state index contributed by atoms with van der Waals surface area (Å²) >= 11 is 13.7. The largest absolute Gasteiger partial charge is 0.378 e. The lowest BCUT2D eigenvalue weighted by molar-refractivity contribution is 0.0988. The van der Waals surface area contributed by atoms with Gasteiger partial charge in [0.25, 0.3) is 5.91 Å². The van der Waals surface area contributed by atoms with Gasteiger partial charge in [-0.2, -0.15) is 0 Å². The molecule has 194 valence electrons. The highest BCUT2D eigenvalue weighted by Gasteiger charge is 2.56. The van der Waals surface area contributed by atoms with Crippen molar-refractivity contribution in [1.82, 2.24) is 4.90 Å². The highest BCUT2D eigenvalue weighted by Crippen LogP contribution is 2.52. The monoisotopic (exact) mass is 559 g/mol. The van der Waals surface area contributed by atoms with Crippen LogP contribution in [0.2, 0.25) is 10.0 Å². The standard InChI is InChI=1S/C28H28Cl2FN3O2S/c29-23-5-3-18(12-24(23)30)14-32-15-20-21(16-32)22(20)17-34(28(35)27-2-1-11-37-27)19-4-6-26(25(31)13-19)33-7-9-36-10-8-33/h1-6,11-13,20-22H,7-10,14-17H2. The van der Waals surface area contributed by atoms with Crippen molar-refractivity contribution in [2.45, 2.75) is 6.54 Å². The molecule has 9 heteroatoms. The van der Waals surface area contributed by atoms with Gasteiger partial charge in [-0.15, -0.1) is 11.3 Å². The summed E-state index contributed by atoms with van der Waals surface area (Å²) < 4.78 is 20.7. The number of rotatable bonds is 7. The third-order valence-electron chi connectivity index (χ3n) is 7.80. The van der Waals surface area contributed by atoms with E-state index >= 15 is 4.39 Å². The fraction of sp³-hybridized carbons (Fsp3) is 0.393. The number of nitrogens with zero attached hydrogens (tertiary/aromatic N) is 3. The van der Waals surface area contributed by atoms with Crippen LogP contribution < -0.4 is 9.80 Å². The topological polar surface area (TPSA) is 36.0 Å². The molecule has 1 amide bonds. The third kappa shape index (κ3) is 5.25. The van der Waals surface area contributed by atoms with Gasteiger partial charge >= 0.3 is 0 Å². The first-order chi connectivity index (χ1) is 18.0. The summed E-state index contributed by atoms with van der Waals surface area (Å²) in [7, 11) is 0. The van der Waals surface area contributed by atoms with Crippen LogP contribution in [0.25, 0.3) is 0 Å². The Bertz CT molecular complexity index is 1270. The summed E-state index contributed by atoms with van der Waals surface area (Å²) in [4.78, 5) is 20.4. The molecule has 2 atom stereocenters. The Balaban J connectivity index is 1.15. The Morgan fingerprint density at radius 3 is 2.51 bits per heavy atom. The van der Waals surface area contributed by atoms with E-state index in [0.717, 1.165) is 25.2 Å². The van der Waals surface area contributed by atoms with Crippen molar-refractivity contribution in [3.63, 3.8) is 0 Å². The fourth-order valence-corrected chi connectivity index (χ4v) is 6.80. The molecule has 5 nitrogen and oxygen atoms in total. The van der Waals surface area contributed by atoms with Crippen LogP contribution in [0, 0.1) is 23.6 Å². The van der Waals surface area contributed by atoms with Gasteiger partial charge in [-0.1, -0.05) is 35.3 Å². The normalized spacial score (nSPS) is 23.2. The summed E-state index contributed by atoms with van der Waals surface area (Å²) in [6.45, 7) is 5.93. The number of anilines is 2. The van der Waals surface area contributed by atoms with Crippen LogP contribution in [0.5, 0.6) is 0 Å². The first-order valence-electron chi connectivity index (χ1n) is 12.6. The number of likely N-dealkylation sites (tertiary alicyclic amines) is 1. The number of amides is 1. The van der Waals surface area contributed by atoms with E-state index in [1.807, 2.05) is 46.7 Å². The van der Waals surface area contributed by atoms with Crippen LogP contribution in [-0.4, -0.2) is 56.7 Å². The van der Waals surface area contributed by atoms with E-state index in [9.17, 15) is 4.79 Å². The van der Waals surface area contributed by atoms with Gasteiger partial charge in [0, 0.05) is 45.0 Å². The minimum Gasteiger partial charge on any atom is -0.378 e. The number of piperidine rings is 1. The van der Waals surface area contributed by atoms with Crippen LogP contribution in [0.15, 0.2) is 53.9 Å². The summed E-state index contributed by atoms with van der Waals surface area (Å²) in [6.07, 6.45) is 0. The molecule has 0 radical (unpaired) electrons. The van der Waals surface area contributed by atoms with E-state index in [4.69, 9.17) is 27.9 Å². The molecule has 2 aliphatic heterocycles. The average molecular weight is 561 g/mol. The van der Waals surface area contributed by atoms with Gasteiger partial charge in [-0.3, -0.25) is 9.69 Å². The van der Waals surface area contributed by atoms with Crippen molar-refractivity contribution in [2.75, 3.05) is 55.7 Å². The molecule has 2 unspecified atom stereocenters. The Morgan fingerprint density at radius 1 is 1.05 bits per heavy atom. The molecule has 2 saturated heterocycles. The molecule has 0 bridgehead atoms. The Hall–Kier alpha value is -2.16. The second-order valence-corrected chi connectivity index (χ2v) is 11.8. The zero-order chi connectivity index (χ0) is 25.5. The lowest BCUT2D eigenvalue weighted by atomic mass is 10.1. The predicted molar refractivity (Wildman–Crippen MR) is 148 cm³/mol. The van der Waals surface area contributed by atoms with Gasteiger partial charge in [0.1, 0.15) is 5.82 Å². The van der Waals surface area contributed by atoms with Gasteiger partial charge < -0.3 is 14.5 Å². The molecule has 0 N–H and O–H groups in total. The molecule has 1 aliphatic carbocycles. The quantitative estimate of drug-likeness (QED) is 0.352. The fourth-order valence-electron chi connectivity index (χ4n) is 5.81. The van der Waals surface area contributed by atoms with Crippen molar-refractivity contribution >= 4 is 51.8 Å². The molecule has 3 aliphatic rings. The van der Waals surface area contributed by atoms with Crippen LogP contribution in [0.1, 0.15) is 15.2 Å². The lowest BCUT2D eigenvalue weighted by Gasteiger charge is -2.30. The summed E-state index contributed by atoms with van der Waals surface area (Å²) in [5, 5.41) is 3.05. The highest BCUT2D eigenvalue weighted by molar-refractivity contribution is 7.12. The Morgan fingerprint density at radius 2 is 1.84 bits per heavy atom. The van der Waals surface area contributed by atoms with Gasteiger partial charge in [-0.05, 0) is 65.1 Å². The van der Waals surface area contributed by atoms with E-state index in [0.29, 0.717) is 76.9 Å². The van der Waals surface area contributed by atoms with Crippen LogP contribution in [0.4, 0.5) is 15.8 Å². The number of carbonyl (C=O) groups excluding carboxylic acids is 1. The van der Waals surface area contributed by atoms with E-state index in [1.165, 1.54) is 17.4 Å². The van der Waals surface area contributed by atoms with E-state index in [2.05, 4.69) is 4.90 Å². The number of morpholine rings is 1. The number of ether oxygens (including phenoxy) is 1. The molecule has 1 saturated carbocycles. The predicted octanol–water partition coefficient (Wildman–Crippen LogP) is 6.06. The Kier molecular flexibility index (Phi) is 7.16. The zero-order valence-corrected chi connectivity index (χ0v) is 22.6. The maximum atomic E-state index is 15.3. The van der Waals surface area contributed by atoms with Crippen molar-refractivity contribution < 1.29 is 13.9 Å². The number of hydrogen-bond donors (Lipinski definition) is 0. The first kappa shape index (κ1) is 25.1. The van der Waals surface area contributed by atoms with Crippen molar-refractivity contribution in [1.29, 1.82) is 0 Å². The van der Waals surface area contributed by atoms with Crippen molar-refractivity contribution in [3.8, 4) is 0 Å². The summed E-state index contributed by atoms with van der Waals surface area (Å²) in [6, 6.07) is 14.7. The number of halogens is 3. The molecule has 1 aromatic heterocycles. The smallest absolute Gasteiger partial charge is 0.268 e. The average Bonchev–Trinajstić information content (AvgIpc) is 3.29. The van der Waals surface area contributed by atoms with Gasteiger partial charge in [0.15, 0.2) is 0 Å². The first-order valence-corrected chi connectivity index (χ1v) is 14.3. The number of benzene rings is 2.